The van der Waals surface area contributed by atoms with Crippen LogP contribution in [0.25, 0.3) is 0 Å². The number of carbonyl (C=O) groups is 2. The number of amides is 1. The van der Waals surface area contributed by atoms with Crippen LogP contribution in [0, 0.1) is 11.7 Å². The first-order valence-electron chi connectivity index (χ1n) is 10.7. The van der Waals surface area contributed by atoms with Gasteiger partial charge in [0.25, 0.3) is 0 Å². The maximum atomic E-state index is 14.5. The van der Waals surface area contributed by atoms with Gasteiger partial charge in [-0.3, -0.25) is 19.5 Å². The van der Waals surface area contributed by atoms with Gasteiger partial charge in [0.05, 0.1) is 5.92 Å². The van der Waals surface area contributed by atoms with Crippen LogP contribution in [0.5, 0.6) is 0 Å². The molecule has 1 amide bonds. The number of nitrogens with zero attached hydrogens (tertiary/aromatic N) is 2. The maximum absolute atomic E-state index is 14.5. The monoisotopic (exact) mass is 479 g/mol. The molecule has 3 aromatic rings. The van der Waals surface area contributed by atoms with Gasteiger partial charge in [-0.25, -0.2) is 4.39 Å². The molecule has 3 aliphatic heterocycles. The first-order chi connectivity index (χ1) is 16.0. The summed E-state index contributed by atoms with van der Waals surface area (Å²) in [5.74, 6) is -0.569. The summed E-state index contributed by atoms with van der Waals surface area (Å²) in [6.07, 6.45) is 3.15. The van der Waals surface area contributed by atoms with Crippen molar-refractivity contribution >= 4 is 40.7 Å². The molecule has 33 heavy (non-hydrogen) atoms. The van der Waals surface area contributed by atoms with Crippen molar-refractivity contribution in [2.24, 2.45) is 5.92 Å². The van der Waals surface area contributed by atoms with Gasteiger partial charge in [-0.15, -0.1) is 11.8 Å². The van der Waals surface area contributed by atoms with Gasteiger partial charge in [0.15, 0.2) is 5.78 Å². The third kappa shape index (κ3) is 2.92. The molecule has 0 saturated carbocycles. The summed E-state index contributed by atoms with van der Waals surface area (Å²) >= 11 is 7.88. The third-order valence-corrected chi connectivity index (χ3v) is 8.36. The average Bonchev–Trinajstić information content (AvgIpc) is 3.48. The number of fused-ring (bicyclic) bond motifs is 4. The number of rotatable bonds is 3. The second-order valence-corrected chi connectivity index (χ2v) is 10.0. The van der Waals surface area contributed by atoms with Crippen molar-refractivity contribution < 1.29 is 14.0 Å². The number of anilines is 1. The molecule has 8 heteroatoms. The minimum absolute atomic E-state index is 0.0678. The van der Waals surface area contributed by atoms with Crippen LogP contribution in [0.3, 0.4) is 0 Å². The Bertz CT molecular complexity index is 1270. The van der Waals surface area contributed by atoms with Crippen LogP contribution in [0.1, 0.15) is 27.4 Å². The summed E-state index contributed by atoms with van der Waals surface area (Å²) in [5.41, 5.74) is 1.15. The van der Waals surface area contributed by atoms with Crippen molar-refractivity contribution in [3.63, 3.8) is 0 Å². The van der Waals surface area contributed by atoms with Crippen LogP contribution in [-0.4, -0.2) is 39.2 Å². The maximum Gasteiger partial charge on any atom is 0.250 e. The SMILES string of the molecule is O=C(c1cccnc1)C1C(c2ccc(Cl)cc2)C2CSCN2[C@@]12C(=O)Nc1ccc(F)cc12. The average molecular weight is 480 g/mol. The largest absolute Gasteiger partial charge is 0.324 e. The van der Waals surface area contributed by atoms with Crippen LogP contribution < -0.4 is 5.32 Å². The lowest BCUT2D eigenvalue weighted by Crippen LogP contribution is -2.52. The standard InChI is InChI=1S/C25H19ClFN3O2S/c26-16-5-3-14(4-6-16)21-20-12-33-13-30(20)25(22(21)23(31)15-2-1-9-28-11-15)18-10-17(27)7-8-19(18)29-24(25)32/h1-11,20-22H,12-13H2,(H,29,32)/t20?,21?,22?,25-/m1/s1. The number of aromatic nitrogens is 1. The molecule has 3 aliphatic rings. The first kappa shape index (κ1) is 20.8. The van der Waals surface area contributed by atoms with Crippen molar-refractivity contribution in [1.29, 1.82) is 0 Å². The summed E-state index contributed by atoms with van der Waals surface area (Å²) in [6.45, 7) is 0. The number of Topliss-reactive ketones (excluding diaryl/α,β-unsaturated/α-hetero) is 1. The fraction of sp³-hybridized carbons (Fsp3) is 0.240. The minimum atomic E-state index is -1.30. The molecule has 1 spiro atoms. The number of pyridine rings is 1. The van der Waals surface area contributed by atoms with E-state index in [1.165, 1.54) is 18.3 Å². The van der Waals surface area contributed by atoms with Crippen molar-refractivity contribution in [2.45, 2.75) is 17.5 Å². The number of ketones is 1. The predicted octanol–water partition coefficient (Wildman–Crippen LogP) is 4.69. The van der Waals surface area contributed by atoms with E-state index < -0.39 is 17.3 Å². The second-order valence-electron chi connectivity index (χ2n) is 8.61. The van der Waals surface area contributed by atoms with Crippen LogP contribution in [0.2, 0.25) is 5.02 Å². The Morgan fingerprint density at radius 3 is 2.79 bits per heavy atom. The molecular weight excluding hydrogens is 461 g/mol. The van der Waals surface area contributed by atoms with Gasteiger partial charge < -0.3 is 5.32 Å². The molecule has 166 valence electrons. The van der Waals surface area contributed by atoms with Gasteiger partial charge in [0.1, 0.15) is 11.4 Å². The molecule has 0 bridgehead atoms. The van der Waals surface area contributed by atoms with Crippen molar-refractivity contribution in [3.05, 3.63) is 94.5 Å². The fourth-order valence-electron chi connectivity index (χ4n) is 5.79. The lowest BCUT2D eigenvalue weighted by atomic mass is 9.69. The highest BCUT2D eigenvalue weighted by Gasteiger charge is 2.69. The Morgan fingerprint density at radius 2 is 2.03 bits per heavy atom. The fourth-order valence-corrected chi connectivity index (χ4v) is 7.25. The van der Waals surface area contributed by atoms with E-state index >= 15 is 0 Å². The van der Waals surface area contributed by atoms with Crippen molar-refractivity contribution in [3.8, 4) is 0 Å². The van der Waals surface area contributed by atoms with E-state index in [1.54, 1.807) is 36.2 Å². The van der Waals surface area contributed by atoms with Crippen LogP contribution in [0.4, 0.5) is 10.1 Å². The highest BCUT2D eigenvalue weighted by atomic mass is 35.5. The van der Waals surface area contributed by atoms with Gasteiger partial charge in [-0.05, 0) is 48.0 Å². The van der Waals surface area contributed by atoms with Gasteiger partial charge in [-0.1, -0.05) is 23.7 Å². The molecule has 1 N–H and O–H groups in total. The summed E-state index contributed by atoms with van der Waals surface area (Å²) < 4.78 is 14.5. The van der Waals surface area contributed by atoms with Crippen LogP contribution in [0.15, 0.2) is 67.0 Å². The minimum Gasteiger partial charge on any atom is -0.324 e. The number of carbonyl (C=O) groups excluding carboxylic acids is 2. The van der Waals surface area contributed by atoms with E-state index in [0.29, 0.717) is 27.7 Å². The molecule has 6 rings (SSSR count). The van der Waals surface area contributed by atoms with Gasteiger partial charge in [0.2, 0.25) is 5.91 Å². The summed E-state index contributed by atoms with van der Waals surface area (Å²) in [5, 5.41) is 3.54. The Kier molecular flexibility index (Phi) is 4.83. The van der Waals surface area contributed by atoms with E-state index in [0.717, 1.165) is 11.3 Å². The Morgan fingerprint density at radius 1 is 1.21 bits per heavy atom. The lowest BCUT2D eigenvalue weighted by molar-refractivity contribution is -0.127. The highest BCUT2D eigenvalue weighted by Crippen LogP contribution is 2.61. The molecule has 4 heterocycles. The second kappa shape index (κ2) is 7.65. The molecule has 5 nitrogen and oxygen atoms in total. The number of halogens is 2. The molecule has 0 aliphatic carbocycles. The molecule has 2 fully saturated rings. The Balaban J connectivity index is 1.63. The summed E-state index contributed by atoms with van der Waals surface area (Å²) in [4.78, 5) is 34.2. The molecule has 2 saturated heterocycles. The smallest absolute Gasteiger partial charge is 0.250 e. The van der Waals surface area contributed by atoms with E-state index in [-0.39, 0.29) is 23.7 Å². The zero-order valence-electron chi connectivity index (χ0n) is 17.4. The normalized spacial score (nSPS) is 28.1. The van der Waals surface area contributed by atoms with Gasteiger partial charge in [0, 0.05) is 57.8 Å². The first-order valence-corrected chi connectivity index (χ1v) is 12.2. The Hall–Kier alpha value is -2.74. The van der Waals surface area contributed by atoms with E-state index in [9.17, 15) is 14.0 Å². The topological polar surface area (TPSA) is 62.3 Å². The molecule has 1 aromatic heterocycles. The molecule has 3 unspecified atom stereocenters. The Labute approximate surface area is 199 Å². The van der Waals surface area contributed by atoms with Crippen LogP contribution in [-0.2, 0) is 10.3 Å². The number of thioether (sulfide) groups is 1. The highest BCUT2D eigenvalue weighted by molar-refractivity contribution is 7.99. The molecule has 2 aromatic carbocycles. The lowest BCUT2D eigenvalue weighted by Gasteiger charge is -2.36. The van der Waals surface area contributed by atoms with E-state index in [2.05, 4.69) is 15.2 Å². The zero-order chi connectivity index (χ0) is 22.7. The van der Waals surface area contributed by atoms with E-state index in [4.69, 9.17) is 11.6 Å². The van der Waals surface area contributed by atoms with Crippen molar-refractivity contribution in [1.82, 2.24) is 9.88 Å². The number of hydrogen-bond acceptors (Lipinski definition) is 5. The quantitative estimate of drug-likeness (QED) is 0.552. The van der Waals surface area contributed by atoms with Crippen molar-refractivity contribution in [2.75, 3.05) is 16.9 Å². The predicted molar refractivity (Wildman–Crippen MR) is 126 cm³/mol. The third-order valence-electron chi connectivity index (χ3n) is 7.07. The molecular formula is C25H19ClFN3O2S. The van der Waals surface area contributed by atoms with Gasteiger partial charge >= 0.3 is 0 Å². The summed E-state index contributed by atoms with van der Waals surface area (Å²) in [7, 11) is 0. The van der Waals surface area contributed by atoms with Crippen LogP contribution >= 0.6 is 23.4 Å². The number of hydrogen-bond donors (Lipinski definition) is 1. The summed E-state index contributed by atoms with van der Waals surface area (Å²) in [6, 6.07) is 15.2. The van der Waals surface area contributed by atoms with Gasteiger partial charge in [-0.2, -0.15) is 0 Å². The molecule has 0 radical (unpaired) electrons. The zero-order valence-corrected chi connectivity index (χ0v) is 18.9. The number of benzene rings is 2. The number of nitrogens with one attached hydrogen (secondary N) is 1. The van der Waals surface area contributed by atoms with E-state index in [1.807, 2.05) is 24.3 Å². The molecule has 4 atom stereocenters.